The van der Waals surface area contributed by atoms with Crippen LogP contribution in [0.25, 0.3) is 0 Å². The van der Waals surface area contributed by atoms with E-state index in [4.69, 9.17) is 11.0 Å². The number of hydrogen-bond donors (Lipinski definition) is 2. The summed E-state index contributed by atoms with van der Waals surface area (Å²) in [5, 5.41) is 7.58. The standard InChI is InChI=1S/C8H15N3O2S/c1-2-8(7-10)14(12,13)11-6-4-3-5-9/h3-4,8,11H,2,5-6,9H2,1H3/b4-3+. The minimum atomic E-state index is -3.51. The fourth-order valence-electron chi connectivity index (χ4n) is 0.825. The number of nitriles is 1. The number of nitrogens with zero attached hydrogens (tertiary/aromatic N) is 1. The normalized spacial score (nSPS) is 14.1. The summed E-state index contributed by atoms with van der Waals surface area (Å²) in [6, 6.07) is 1.73. The molecule has 0 aromatic rings. The van der Waals surface area contributed by atoms with E-state index in [0.717, 1.165) is 0 Å². The smallest absolute Gasteiger partial charge is 0.228 e. The molecule has 0 aromatic carbocycles. The highest BCUT2D eigenvalue weighted by Crippen LogP contribution is 2.01. The molecule has 0 rings (SSSR count). The molecular weight excluding hydrogens is 202 g/mol. The summed E-state index contributed by atoms with van der Waals surface area (Å²) in [5.74, 6) is 0. The van der Waals surface area contributed by atoms with Gasteiger partial charge in [0.25, 0.3) is 0 Å². The van der Waals surface area contributed by atoms with Gasteiger partial charge in [-0.2, -0.15) is 5.26 Å². The number of sulfonamides is 1. The van der Waals surface area contributed by atoms with Crippen LogP contribution in [0.3, 0.4) is 0 Å². The van der Waals surface area contributed by atoms with Crippen LogP contribution in [-0.2, 0) is 10.0 Å². The maximum absolute atomic E-state index is 11.4. The molecule has 0 aliphatic heterocycles. The van der Waals surface area contributed by atoms with Crippen molar-refractivity contribution in [3.05, 3.63) is 12.2 Å². The van der Waals surface area contributed by atoms with E-state index in [9.17, 15) is 8.42 Å². The summed E-state index contributed by atoms with van der Waals surface area (Å²) in [6.45, 7) is 2.21. The highest BCUT2D eigenvalue weighted by atomic mass is 32.2. The summed E-state index contributed by atoms with van der Waals surface area (Å²) in [7, 11) is -3.51. The van der Waals surface area contributed by atoms with Crippen molar-refractivity contribution in [2.24, 2.45) is 5.73 Å². The van der Waals surface area contributed by atoms with Crippen molar-refractivity contribution < 1.29 is 8.42 Å². The lowest BCUT2D eigenvalue weighted by Gasteiger charge is -2.07. The van der Waals surface area contributed by atoms with E-state index in [-0.39, 0.29) is 13.0 Å². The van der Waals surface area contributed by atoms with Gasteiger partial charge in [0.2, 0.25) is 10.0 Å². The largest absolute Gasteiger partial charge is 0.327 e. The second-order valence-corrected chi connectivity index (χ2v) is 4.57. The number of hydrogen-bond acceptors (Lipinski definition) is 4. The molecule has 1 unspecified atom stereocenters. The molecule has 0 heterocycles. The molecule has 1 atom stereocenters. The maximum Gasteiger partial charge on any atom is 0.228 e. The summed E-state index contributed by atoms with van der Waals surface area (Å²) in [6.07, 6.45) is 3.55. The van der Waals surface area contributed by atoms with Gasteiger partial charge in [0, 0.05) is 13.1 Å². The third-order valence-electron chi connectivity index (χ3n) is 1.59. The third-order valence-corrected chi connectivity index (χ3v) is 3.35. The first-order chi connectivity index (χ1) is 6.58. The van der Waals surface area contributed by atoms with Crippen LogP contribution in [0, 0.1) is 11.3 Å². The van der Waals surface area contributed by atoms with Crippen molar-refractivity contribution in [1.82, 2.24) is 4.72 Å². The molecule has 5 nitrogen and oxygen atoms in total. The first-order valence-electron chi connectivity index (χ1n) is 4.31. The van der Waals surface area contributed by atoms with Crippen LogP contribution in [0.5, 0.6) is 0 Å². The predicted molar refractivity (Wildman–Crippen MR) is 54.8 cm³/mol. The fourth-order valence-corrected chi connectivity index (χ4v) is 1.93. The molecule has 80 valence electrons. The van der Waals surface area contributed by atoms with Crippen molar-refractivity contribution in [1.29, 1.82) is 5.26 Å². The Morgan fingerprint density at radius 3 is 2.64 bits per heavy atom. The highest BCUT2D eigenvalue weighted by Gasteiger charge is 2.21. The Morgan fingerprint density at radius 2 is 2.21 bits per heavy atom. The van der Waals surface area contributed by atoms with E-state index >= 15 is 0 Å². The Kier molecular flexibility index (Phi) is 6.12. The zero-order chi connectivity index (χ0) is 11.0. The Hall–Kier alpha value is -0.900. The SMILES string of the molecule is CCC(C#N)S(=O)(=O)NC/C=C/CN. The molecule has 3 N–H and O–H groups in total. The van der Waals surface area contributed by atoms with Crippen molar-refractivity contribution in [2.45, 2.75) is 18.6 Å². The highest BCUT2D eigenvalue weighted by molar-refractivity contribution is 7.90. The average molecular weight is 217 g/mol. The third kappa shape index (κ3) is 4.37. The second kappa shape index (κ2) is 6.54. The lowest BCUT2D eigenvalue weighted by molar-refractivity contribution is 0.576. The van der Waals surface area contributed by atoms with Gasteiger partial charge in [0.15, 0.2) is 5.25 Å². The van der Waals surface area contributed by atoms with E-state index in [1.165, 1.54) is 0 Å². The van der Waals surface area contributed by atoms with E-state index in [1.807, 2.05) is 0 Å². The van der Waals surface area contributed by atoms with Crippen LogP contribution in [-0.4, -0.2) is 26.8 Å². The van der Waals surface area contributed by atoms with Crippen LogP contribution < -0.4 is 10.5 Å². The lowest BCUT2D eigenvalue weighted by atomic mass is 10.4. The number of nitrogens with one attached hydrogen (secondary N) is 1. The van der Waals surface area contributed by atoms with E-state index in [1.54, 1.807) is 25.1 Å². The topological polar surface area (TPSA) is 96.0 Å². The molecule has 0 saturated heterocycles. The van der Waals surface area contributed by atoms with E-state index in [0.29, 0.717) is 6.54 Å². The molecule has 14 heavy (non-hydrogen) atoms. The molecule has 0 radical (unpaired) electrons. The second-order valence-electron chi connectivity index (χ2n) is 2.63. The van der Waals surface area contributed by atoms with Gasteiger partial charge in [0.1, 0.15) is 0 Å². The van der Waals surface area contributed by atoms with Gasteiger partial charge in [-0.25, -0.2) is 13.1 Å². The van der Waals surface area contributed by atoms with Crippen molar-refractivity contribution in [3.8, 4) is 6.07 Å². The van der Waals surface area contributed by atoms with Gasteiger partial charge in [-0.15, -0.1) is 0 Å². The van der Waals surface area contributed by atoms with Crippen LogP contribution in [0.1, 0.15) is 13.3 Å². The van der Waals surface area contributed by atoms with Gasteiger partial charge in [-0.3, -0.25) is 0 Å². The first-order valence-corrected chi connectivity index (χ1v) is 5.86. The van der Waals surface area contributed by atoms with Crippen LogP contribution in [0.4, 0.5) is 0 Å². The fraction of sp³-hybridized carbons (Fsp3) is 0.625. The molecule has 0 bridgehead atoms. The Morgan fingerprint density at radius 1 is 1.57 bits per heavy atom. The Balaban J connectivity index is 4.22. The minimum absolute atomic E-state index is 0.178. The van der Waals surface area contributed by atoms with Crippen LogP contribution >= 0.6 is 0 Å². The zero-order valence-corrected chi connectivity index (χ0v) is 8.92. The lowest BCUT2D eigenvalue weighted by Crippen LogP contribution is -2.33. The molecule has 0 saturated carbocycles. The van der Waals surface area contributed by atoms with Crippen molar-refractivity contribution in [3.63, 3.8) is 0 Å². The average Bonchev–Trinajstić information content (AvgIpc) is 2.14. The minimum Gasteiger partial charge on any atom is -0.327 e. The summed E-state index contributed by atoms with van der Waals surface area (Å²) in [4.78, 5) is 0. The molecule has 6 heteroatoms. The molecular formula is C8H15N3O2S. The van der Waals surface area contributed by atoms with E-state index in [2.05, 4.69) is 4.72 Å². The van der Waals surface area contributed by atoms with Gasteiger partial charge in [-0.1, -0.05) is 19.1 Å². The first kappa shape index (κ1) is 13.1. The van der Waals surface area contributed by atoms with Gasteiger partial charge in [-0.05, 0) is 6.42 Å². The van der Waals surface area contributed by atoms with Gasteiger partial charge in [0.05, 0.1) is 6.07 Å². The van der Waals surface area contributed by atoms with Crippen LogP contribution in [0.15, 0.2) is 12.2 Å². The Labute approximate surface area is 84.6 Å². The van der Waals surface area contributed by atoms with Crippen molar-refractivity contribution >= 4 is 10.0 Å². The molecule has 0 spiro atoms. The van der Waals surface area contributed by atoms with Crippen molar-refractivity contribution in [2.75, 3.05) is 13.1 Å². The monoisotopic (exact) mass is 217 g/mol. The summed E-state index contributed by atoms with van der Waals surface area (Å²) < 4.78 is 25.0. The molecule has 0 aliphatic rings. The Bertz CT molecular complexity index is 316. The zero-order valence-electron chi connectivity index (χ0n) is 8.10. The maximum atomic E-state index is 11.4. The quantitative estimate of drug-likeness (QED) is 0.598. The summed E-state index contributed by atoms with van der Waals surface area (Å²) in [5.41, 5.74) is 5.17. The van der Waals surface area contributed by atoms with Gasteiger partial charge < -0.3 is 5.73 Å². The number of rotatable bonds is 6. The number of nitrogens with two attached hydrogens (primary N) is 1. The van der Waals surface area contributed by atoms with Crippen LogP contribution in [0.2, 0.25) is 0 Å². The summed E-state index contributed by atoms with van der Waals surface area (Å²) >= 11 is 0. The molecule has 0 fully saturated rings. The van der Waals surface area contributed by atoms with Gasteiger partial charge >= 0.3 is 0 Å². The molecule has 0 amide bonds. The molecule has 0 aliphatic carbocycles. The molecule has 0 aromatic heterocycles. The predicted octanol–water partition coefficient (Wildman–Crippen LogP) is -0.277. The van der Waals surface area contributed by atoms with E-state index < -0.39 is 15.3 Å².